The molecule has 0 radical (unpaired) electrons. The van der Waals surface area contributed by atoms with Crippen LogP contribution in [0.25, 0.3) is 16.0 Å². The number of ketones is 1. The van der Waals surface area contributed by atoms with E-state index < -0.39 is 17.7 Å². The molecule has 38 heavy (non-hydrogen) atoms. The van der Waals surface area contributed by atoms with Crippen molar-refractivity contribution in [2.24, 2.45) is 0 Å². The van der Waals surface area contributed by atoms with E-state index in [2.05, 4.69) is 20.8 Å². The Bertz CT molecular complexity index is 1590. The molecule has 6 nitrogen and oxygen atoms in total. The molecule has 1 aliphatic heterocycles. The zero-order chi connectivity index (χ0) is 27.4. The number of thiazole rings is 1. The number of benzene rings is 3. The van der Waals surface area contributed by atoms with Crippen molar-refractivity contribution in [2.45, 2.75) is 46.1 Å². The number of ether oxygens (including phenoxy) is 1. The third-order valence-electron chi connectivity index (χ3n) is 6.92. The van der Waals surface area contributed by atoms with E-state index in [9.17, 15) is 14.7 Å². The lowest BCUT2D eigenvalue weighted by Gasteiger charge is -2.24. The van der Waals surface area contributed by atoms with Crippen LogP contribution in [0.2, 0.25) is 0 Å². The number of aromatic nitrogens is 1. The van der Waals surface area contributed by atoms with Crippen molar-refractivity contribution in [3.05, 3.63) is 94.1 Å². The quantitative estimate of drug-likeness (QED) is 0.179. The van der Waals surface area contributed by atoms with Gasteiger partial charge in [0.05, 0.1) is 28.9 Å². The predicted octanol–water partition coefficient (Wildman–Crippen LogP) is 6.85. The molecule has 1 saturated heterocycles. The summed E-state index contributed by atoms with van der Waals surface area (Å²) in [6.07, 6.45) is 0. The van der Waals surface area contributed by atoms with Crippen LogP contribution in [-0.2, 0) is 15.0 Å². The molecule has 3 aromatic carbocycles. The molecule has 0 aliphatic carbocycles. The zero-order valence-electron chi connectivity index (χ0n) is 22.3. The van der Waals surface area contributed by atoms with Crippen molar-refractivity contribution < 1.29 is 19.4 Å². The van der Waals surface area contributed by atoms with Crippen LogP contribution in [0.5, 0.6) is 5.75 Å². The first-order chi connectivity index (χ1) is 18.0. The number of nitrogens with zero attached hydrogens (tertiary/aromatic N) is 2. The number of carbonyl (C=O) groups is 2. The number of methoxy groups -OCH3 is 1. The summed E-state index contributed by atoms with van der Waals surface area (Å²) < 4.78 is 6.17. The molecule has 1 N–H and O–H groups in total. The van der Waals surface area contributed by atoms with Crippen LogP contribution in [0.1, 0.15) is 54.6 Å². The number of aliphatic hydroxyl groups excluding tert-OH is 1. The van der Waals surface area contributed by atoms with Gasteiger partial charge < -0.3 is 9.84 Å². The van der Waals surface area contributed by atoms with Crippen molar-refractivity contribution in [2.75, 3.05) is 12.0 Å². The van der Waals surface area contributed by atoms with Gasteiger partial charge in [0.15, 0.2) is 5.13 Å². The molecule has 0 spiro atoms. The lowest BCUT2D eigenvalue weighted by Crippen LogP contribution is -2.29. The van der Waals surface area contributed by atoms with E-state index in [0.29, 0.717) is 16.4 Å². The second kappa shape index (κ2) is 9.40. The third-order valence-corrected chi connectivity index (χ3v) is 7.93. The highest BCUT2D eigenvalue weighted by atomic mass is 32.1. The highest BCUT2D eigenvalue weighted by molar-refractivity contribution is 7.22. The summed E-state index contributed by atoms with van der Waals surface area (Å²) in [4.78, 5) is 33.3. The maximum absolute atomic E-state index is 13.6. The fourth-order valence-corrected chi connectivity index (χ4v) is 6.05. The minimum absolute atomic E-state index is 0.0378. The van der Waals surface area contributed by atoms with Gasteiger partial charge in [-0.1, -0.05) is 62.4 Å². The first-order valence-corrected chi connectivity index (χ1v) is 13.2. The Labute approximate surface area is 226 Å². The molecule has 1 amide bonds. The molecular formula is C31H30N2O4S. The summed E-state index contributed by atoms with van der Waals surface area (Å²) in [5.41, 5.74) is 5.15. The third kappa shape index (κ3) is 4.37. The lowest BCUT2D eigenvalue weighted by atomic mass is 9.85. The normalized spacial score (nSPS) is 17.4. The topological polar surface area (TPSA) is 79.7 Å². The van der Waals surface area contributed by atoms with Crippen LogP contribution in [0.15, 0.2) is 66.2 Å². The van der Waals surface area contributed by atoms with Gasteiger partial charge >= 0.3 is 5.91 Å². The number of Topliss-reactive ketones (excluding diaryl/α,β-unsaturated/α-hetero) is 1. The van der Waals surface area contributed by atoms with Gasteiger partial charge in [0.1, 0.15) is 11.5 Å². The maximum Gasteiger partial charge on any atom is 0.301 e. The number of hydrogen-bond donors (Lipinski definition) is 1. The van der Waals surface area contributed by atoms with E-state index in [-0.39, 0.29) is 16.7 Å². The van der Waals surface area contributed by atoms with E-state index in [1.807, 2.05) is 50.2 Å². The Kier molecular flexibility index (Phi) is 6.35. The number of aryl methyl sites for hydroxylation is 2. The Morgan fingerprint density at radius 3 is 2.26 bits per heavy atom. The standard InChI is InChI=1S/C31H30N2O4S/c1-17-15-18(2)25-23(16-17)38-30(32-25)33-26(19-7-11-21(12-8-19)31(3,4)5)24(28(35)29(33)36)27(34)20-9-13-22(37-6)14-10-20/h7-16,26,34H,1-6H3/t26-/m0/s1. The van der Waals surface area contributed by atoms with Crippen LogP contribution >= 0.6 is 11.3 Å². The number of hydrogen-bond acceptors (Lipinski definition) is 6. The SMILES string of the molecule is COc1ccc(C(O)=C2C(=O)C(=O)N(c3nc4c(C)cc(C)cc4s3)[C@H]2c2ccc(C(C)(C)C)cc2)cc1. The number of rotatable bonds is 4. The van der Waals surface area contributed by atoms with E-state index in [4.69, 9.17) is 9.72 Å². The predicted molar refractivity (Wildman–Crippen MR) is 152 cm³/mol. The van der Waals surface area contributed by atoms with E-state index in [1.165, 1.54) is 16.2 Å². The molecule has 2 heterocycles. The van der Waals surface area contributed by atoms with Crippen molar-refractivity contribution in [3.8, 4) is 5.75 Å². The largest absolute Gasteiger partial charge is 0.507 e. The van der Waals surface area contributed by atoms with Gasteiger partial charge in [0.25, 0.3) is 5.78 Å². The van der Waals surface area contributed by atoms with Crippen molar-refractivity contribution in [1.82, 2.24) is 4.98 Å². The van der Waals surface area contributed by atoms with Gasteiger partial charge in [0.2, 0.25) is 0 Å². The van der Waals surface area contributed by atoms with Crippen molar-refractivity contribution >= 4 is 44.1 Å². The Morgan fingerprint density at radius 2 is 1.66 bits per heavy atom. The van der Waals surface area contributed by atoms with Crippen LogP contribution < -0.4 is 9.64 Å². The van der Waals surface area contributed by atoms with Crippen LogP contribution in [-0.4, -0.2) is 28.9 Å². The molecule has 5 rings (SSSR count). The summed E-state index contributed by atoms with van der Waals surface area (Å²) in [6.45, 7) is 10.4. The molecule has 0 unspecified atom stereocenters. The van der Waals surface area contributed by atoms with Gasteiger partial charge in [-0.25, -0.2) is 4.98 Å². The van der Waals surface area contributed by atoms with Gasteiger partial charge in [-0.05, 0) is 71.8 Å². The monoisotopic (exact) mass is 526 g/mol. The molecule has 1 atom stereocenters. The highest BCUT2D eigenvalue weighted by Gasteiger charge is 2.48. The van der Waals surface area contributed by atoms with Crippen LogP contribution in [0.4, 0.5) is 5.13 Å². The molecule has 4 aromatic rings. The fourth-order valence-electron chi connectivity index (χ4n) is 4.88. The minimum Gasteiger partial charge on any atom is -0.507 e. The summed E-state index contributed by atoms with van der Waals surface area (Å²) in [5.74, 6) is -1.06. The van der Waals surface area contributed by atoms with Crippen molar-refractivity contribution in [1.29, 1.82) is 0 Å². The van der Waals surface area contributed by atoms with Gasteiger partial charge in [-0.3, -0.25) is 14.5 Å². The molecular weight excluding hydrogens is 496 g/mol. The average molecular weight is 527 g/mol. The summed E-state index contributed by atoms with van der Waals surface area (Å²) in [7, 11) is 1.56. The minimum atomic E-state index is -0.826. The lowest BCUT2D eigenvalue weighted by molar-refractivity contribution is -0.132. The number of amides is 1. The molecule has 194 valence electrons. The fraction of sp³-hybridized carbons (Fsp3) is 0.258. The number of fused-ring (bicyclic) bond motifs is 1. The average Bonchev–Trinajstić information content (AvgIpc) is 3.42. The first-order valence-electron chi connectivity index (χ1n) is 12.4. The van der Waals surface area contributed by atoms with Crippen LogP contribution in [0, 0.1) is 13.8 Å². The second-order valence-electron chi connectivity index (χ2n) is 10.7. The second-order valence-corrected chi connectivity index (χ2v) is 11.7. The molecule has 1 fully saturated rings. The van der Waals surface area contributed by atoms with E-state index >= 15 is 0 Å². The molecule has 1 aromatic heterocycles. The summed E-state index contributed by atoms with van der Waals surface area (Å²) in [6, 6.07) is 17.9. The van der Waals surface area contributed by atoms with E-state index in [1.54, 1.807) is 31.4 Å². The van der Waals surface area contributed by atoms with Crippen molar-refractivity contribution in [3.63, 3.8) is 0 Å². The Balaban J connectivity index is 1.72. The first kappa shape index (κ1) is 25.7. The molecule has 0 saturated carbocycles. The highest BCUT2D eigenvalue weighted by Crippen LogP contribution is 2.45. The zero-order valence-corrected chi connectivity index (χ0v) is 23.1. The van der Waals surface area contributed by atoms with Crippen LogP contribution in [0.3, 0.4) is 0 Å². The summed E-state index contributed by atoms with van der Waals surface area (Å²) >= 11 is 1.37. The van der Waals surface area contributed by atoms with Gasteiger partial charge in [-0.2, -0.15) is 0 Å². The number of anilines is 1. The van der Waals surface area contributed by atoms with Gasteiger partial charge in [0, 0.05) is 5.56 Å². The maximum atomic E-state index is 13.6. The smallest absolute Gasteiger partial charge is 0.301 e. The Hall–Kier alpha value is -3.97. The van der Waals surface area contributed by atoms with Gasteiger partial charge in [-0.15, -0.1) is 0 Å². The number of aliphatic hydroxyl groups is 1. The van der Waals surface area contributed by atoms with E-state index in [0.717, 1.165) is 32.5 Å². The Morgan fingerprint density at radius 1 is 1.00 bits per heavy atom. The molecule has 1 aliphatic rings. The molecule has 0 bridgehead atoms. The number of carbonyl (C=O) groups excluding carboxylic acids is 2. The summed E-state index contributed by atoms with van der Waals surface area (Å²) in [5, 5.41) is 11.8. The molecule has 7 heteroatoms.